The molecule has 0 aliphatic rings. The Bertz CT molecular complexity index is 460. The van der Waals surface area contributed by atoms with Crippen molar-refractivity contribution in [3.63, 3.8) is 0 Å². The SMILES string of the molecule is COc1ccc(CCC(=O)NC(C)CCC(C)C)cc1F. The Balaban J connectivity index is 2.37. The van der Waals surface area contributed by atoms with Crippen molar-refractivity contribution in [2.45, 2.75) is 52.5 Å². The Morgan fingerprint density at radius 3 is 2.57 bits per heavy atom. The van der Waals surface area contributed by atoms with Gasteiger partial charge in [-0.05, 0) is 49.8 Å². The summed E-state index contributed by atoms with van der Waals surface area (Å²) in [6.07, 6.45) is 2.99. The highest BCUT2D eigenvalue weighted by Crippen LogP contribution is 2.18. The zero-order valence-corrected chi connectivity index (χ0v) is 13.4. The molecular weight excluding hydrogens is 269 g/mol. The summed E-state index contributed by atoms with van der Waals surface area (Å²) in [5.41, 5.74) is 0.804. The van der Waals surface area contributed by atoms with Gasteiger partial charge in [0.15, 0.2) is 11.6 Å². The van der Waals surface area contributed by atoms with E-state index in [1.54, 1.807) is 12.1 Å². The maximum Gasteiger partial charge on any atom is 0.220 e. The molecule has 1 N–H and O–H groups in total. The summed E-state index contributed by atoms with van der Waals surface area (Å²) in [5.74, 6) is 0.500. The number of methoxy groups -OCH3 is 1. The molecule has 21 heavy (non-hydrogen) atoms. The Morgan fingerprint density at radius 1 is 1.29 bits per heavy atom. The molecule has 0 aliphatic carbocycles. The number of carbonyl (C=O) groups is 1. The molecule has 1 atom stereocenters. The fraction of sp³-hybridized carbons (Fsp3) is 0.588. The van der Waals surface area contributed by atoms with Crippen LogP contribution in [0.3, 0.4) is 0 Å². The van der Waals surface area contributed by atoms with E-state index in [1.807, 2.05) is 6.92 Å². The van der Waals surface area contributed by atoms with Gasteiger partial charge in [0.25, 0.3) is 0 Å². The van der Waals surface area contributed by atoms with Crippen molar-refractivity contribution in [2.24, 2.45) is 5.92 Å². The van der Waals surface area contributed by atoms with E-state index >= 15 is 0 Å². The van der Waals surface area contributed by atoms with Crippen molar-refractivity contribution in [1.29, 1.82) is 0 Å². The molecule has 0 aromatic heterocycles. The fourth-order valence-electron chi connectivity index (χ4n) is 2.13. The third-order valence-corrected chi connectivity index (χ3v) is 3.44. The Labute approximate surface area is 126 Å². The second-order valence-electron chi connectivity index (χ2n) is 5.91. The van der Waals surface area contributed by atoms with Crippen LogP contribution < -0.4 is 10.1 Å². The second-order valence-corrected chi connectivity index (χ2v) is 5.91. The number of carbonyl (C=O) groups excluding carboxylic acids is 1. The molecule has 0 radical (unpaired) electrons. The summed E-state index contributed by atoms with van der Waals surface area (Å²) < 4.78 is 18.4. The Hall–Kier alpha value is -1.58. The van der Waals surface area contributed by atoms with E-state index in [2.05, 4.69) is 19.2 Å². The number of hydrogen-bond acceptors (Lipinski definition) is 2. The third-order valence-electron chi connectivity index (χ3n) is 3.44. The first-order valence-corrected chi connectivity index (χ1v) is 7.54. The van der Waals surface area contributed by atoms with Crippen molar-refractivity contribution in [3.05, 3.63) is 29.6 Å². The normalized spacial score (nSPS) is 12.3. The fourth-order valence-corrected chi connectivity index (χ4v) is 2.13. The average molecular weight is 295 g/mol. The van der Waals surface area contributed by atoms with Crippen molar-refractivity contribution in [3.8, 4) is 5.75 Å². The van der Waals surface area contributed by atoms with Gasteiger partial charge in [-0.15, -0.1) is 0 Å². The molecule has 0 saturated carbocycles. The van der Waals surface area contributed by atoms with Crippen LogP contribution >= 0.6 is 0 Å². The van der Waals surface area contributed by atoms with Gasteiger partial charge in [0.1, 0.15) is 0 Å². The van der Waals surface area contributed by atoms with Crippen molar-refractivity contribution < 1.29 is 13.9 Å². The Morgan fingerprint density at radius 2 is 2.00 bits per heavy atom. The molecule has 1 rings (SSSR count). The summed E-state index contributed by atoms with van der Waals surface area (Å²) in [4.78, 5) is 11.8. The smallest absolute Gasteiger partial charge is 0.220 e. The van der Waals surface area contributed by atoms with Crippen LogP contribution in [0.1, 0.15) is 45.6 Å². The number of benzene rings is 1. The first-order chi connectivity index (χ1) is 9.92. The zero-order chi connectivity index (χ0) is 15.8. The number of nitrogens with one attached hydrogen (secondary N) is 1. The van der Waals surface area contributed by atoms with Gasteiger partial charge in [-0.25, -0.2) is 4.39 Å². The summed E-state index contributed by atoms with van der Waals surface area (Å²) in [5, 5.41) is 2.99. The van der Waals surface area contributed by atoms with Gasteiger partial charge in [0, 0.05) is 12.5 Å². The third kappa shape index (κ3) is 6.61. The number of hydrogen-bond donors (Lipinski definition) is 1. The van der Waals surface area contributed by atoms with Gasteiger partial charge in [-0.1, -0.05) is 19.9 Å². The first-order valence-electron chi connectivity index (χ1n) is 7.54. The van der Waals surface area contributed by atoms with E-state index in [4.69, 9.17) is 4.74 Å². The molecule has 1 aromatic carbocycles. The second kappa shape index (κ2) is 8.65. The van der Waals surface area contributed by atoms with E-state index < -0.39 is 0 Å². The van der Waals surface area contributed by atoms with E-state index in [0.29, 0.717) is 18.8 Å². The predicted molar refractivity (Wildman–Crippen MR) is 82.9 cm³/mol. The van der Waals surface area contributed by atoms with Crippen LogP contribution in [0.25, 0.3) is 0 Å². The number of halogens is 1. The maximum atomic E-state index is 13.5. The van der Waals surface area contributed by atoms with Crippen molar-refractivity contribution in [1.82, 2.24) is 5.32 Å². The lowest BCUT2D eigenvalue weighted by Crippen LogP contribution is -2.32. The van der Waals surface area contributed by atoms with Crippen LogP contribution in [0.2, 0.25) is 0 Å². The minimum absolute atomic E-state index is 0.0162. The summed E-state index contributed by atoms with van der Waals surface area (Å²) in [7, 11) is 1.43. The molecule has 0 spiro atoms. The van der Waals surface area contributed by atoms with Gasteiger partial charge in [0.05, 0.1) is 7.11 Å². The highest BCUT2D eigenvalue weighted by molar-refractivity contribution is 5.76. The van der Waals surface area contributed by atoms with Crippen LogP contribution in [0, 0.1) is 11.7 Å². The van der Waals surface area contributed by atoms with Gasteiger partial charge < -0.3 is 10.1 Å². The molecule has 3 nitrogen and oxygen atoms in total. The minimum Gasteiger partial charge on any atom is -0.494 e. The highest BCUT2D eigenvalue weighted by Gasteiger charge is 2.09. The molecule has 0 saturated heterocycles. The number of ether oxygens (including phenoxy) is 1. The lowest BCUT2D eigenvalue weighted by Gasteiger charge is -2.15. The zero-order valence-electron chi connectivity index (χ0n) is 13.4. The quantitative estimate of drug-likeness (QED) is 0.794. The van der Waals surface area contributed by atoms with E-state index in [-0.39, 0.29) is 23.5 Å². The van der Waals surface area contributed by atoms with Crippen LogP contribution in [0.15, 0.2) is 18.2 Å². The van der Waals surface area contributed by atoms with Crippen LogP contribution in [0.5, 0.6) is 5.75 Å². The first kappa shape index (κ1) is 17.5. The van der Waals surface area contributed by atoms with Gasteiger partial charge in [0.2, 0.25) is 5.91 Å². The topological polar surface area (TPSA) is 38.3 Å². The summed E-state index contributed by atoms with van der Waals surface area (Å²) in [6.45, 7) is 6.37. The van der Waals surface area contributed by atoms with Crippen molar-refractivity contribution >= 4 is 5.91 Å². The van der Waals surface area contributed by atoms with Gasteiger partial charge in [-0.3, -0.25) is 4.79 Å². The van der Waals surface area contributed by atoms with E-state index in [9.17, 15) is 9.18 Å². The van der Waals surface area contributed by atoms with Crippen LogP contribution in [-0.2, 0) is 11.2 Å². The molecule has 1 unspecified atom stereocenters. The molecule has 1 amide bonds. The Kier molecular flexibility index (Phi) is 7.20. The molecule has 0 heterocycles. The number of amides is 1. The summed E-state index contributed by atoms with van der Waals surface area (Å²) >= 11 is 0. The molecular formula is C17H26FNO2. The van der Waals surface area contributed by atoms with Crippen LogP contribution in [-0.4, -0.2) is 19.1 Å². The number of rotatable bonds is 8. The highest BCUT2D eigenvalue weighted by atomic mass is 19.1. The molecule has 0 bridgehead atoms. The lowest BCUT2D eigenvalue weighted by atomic mass is 10.0. The van der Waals surface area contributed by atoms with Gasteiger partial charge >= 0.3 is 0 Å². The van der Waals surface area contributed by atoms with E-state index in [0.717, 1.165) is 18.4 Å². The average Bonchev–Trinajstić information content (AvgIpc) is 2.43. The largest absolute Gasteiger partial charge is 0.494 e. The van der Waals surface area contributed by atoms with Gasteiger partial charge in [-0.2, -0.15) is 0 Å². The lowest BCUT2D eigenvalue weighted by molar-refractivity contribution is -0.121. The molecule has 4 heteroatoms. The van der Waals surface area contributed by atoms with E-state index in [1.165, 1.54) is 13.2 Å². The molecule has 1 aromatic rings. The standard InChI is InChI=1S/C17H26FNO2/c1-12(2)5-6-13(3)19-17(20)10-8-14-7-9-16(21-4)15(18)11-14/h7,9,11-13H,5-6,8,10H2,1-4H3,(H,19,20). The maximum absolute atomic E-state index is 13.5. The molecule has 118 valence electrons. The number of aryl methyl sites for hydroxylation is 1. The monoisotopic (exact) mass is 295 g/mol. The molecule has 0 aliphatic heterocycles. The van der Waals surface area contributed by atoms with Crippen LogP contribution in [0.4, 0.5) is 4.39 Å². The summed E-state index contributed by atoms with van der Waals surface area (Å²) in [6, 6.07) is 4.99. The molecule has 0 fully saturated rings. The minimum atomic E-state index is -0.388. The van der Waals surface area contributed by atoms with Crippen molar-refractivity contribution in [2.75, 3.05) is 7.11 Å². The predicted octanol–water partition coefficient (Wildman–Crippen LogP) is 3.71.